The molecule has 3 aliphatic rings. The van der Waals surface area contributed by atoms with Crippen LogP contribution in [0, 0.1) is 0 Å². The van der Waals surface area contributed by atoms with Crippen molar-refractivity contribution in [3.8, 4) is 0 Å². The van der Waals surface area contributed by atoms with E-state index in [4.69, 9.17) is 16.3 Å². The SMILES string of the molecule is C=C1OC2(CCN(CC)CC2)C(C(=O)N2CCN(c3ccc(Cl)cc3)CC2)=C1C. The van der Waals surface area contributed by atoms with Gasteiger partial charge in [0.2, 0.25) is 0 Å². The molecule has 0 N–H and O–H groups in total. The van der Waals surface area contributed by atoms with E-state index in [0.29, 0.717) is 18.8 Å². The molecule has 0 saturated carbocycles. The van der Waals surface area contributed by atoms with Gasteiger partial charge in [-0.05, 0) is 37.7 Å². The summed E-state index contributed by atoms with van der Waals surface area (Å²) in [5.74, 6) is 0.792. The number of piperazine rings is 1. The molecule has 0 aromatic heterocycles. The third-order valence-corrected chi connectivity index (χ3v) is 6.90. The number of benzene rings is 1. The van der Waals surface area contributed by atoms with Gasteiger partial charge in [-0.15, -0.1) is 0 Å². The van der Waals surface area contributed by atoms with Crippen LogP contribution >= 0.6 is 11.6 Å². The van der Waals surface area contributed by atoms with Gasteiger partial charge in [-0.25, -0.2) is 0 Å². The van der Waals surface area contributed by atoms with Gasteiger partial charge in [-0.3, -0.25) is 4.79 Å². The minimum Gasteiger partial charge on any atom is -0.483 e. The van der Waals surface area contributed by atoms with Crippen LogP contribution in [0.2, 0.25) is 5.02 Å². The van der Waals surface area contributed by atoms with Gasteiger partial charge in [-0.2, -0.15) is 0 Å². The number of piperidine rings is 1. The molecule has 1 aromatic carbocycles. The van der Waals surface area contributed by atoms with Crippen LogP contribution in [0.15, 0.2) is 47.7 Å². The van der Waals surface area contributed by atoms with Gasteiger partial charge in [-0.1, -0.05) is 25.1 Å². The zero-order valence-corrected chi connectivity index (χ0v) is 18.2. The van der Waals surface area contributed by atoms with Crippen molar-refractivity contribution in [1.82, 2.24) is 9.80 Å². The summed E-state index contributed by atoms with van der Waals surface area (Å²) < 4.78 is 6.26. The predicted molar refractivity (Wildman–Crippen MR) is 117 cm³/mol. The fraction of sp³-hybridized carbons (Fsp3) is 0.522. The van der Waals surface area contributed by atoms with Crippen molar-refractivity contribution in [3.05, 3.63) is 52.8 Å². The third-order valence-electron chi connectivity index (χ3n) is 6.65. The van der Waals surface area contributed by atoms with Crippen LogP contribution in [0.3, 0.4) is 0 Å². The van der Waals surface area contributed by atoms with Crippen molar-refractivity contribution in [2.24, 2.45) is 0 Å². The number of carbonyl (C=O) groups is 1. The molecule has 0 atom stereocenters. The van der Waals surface area contributed by atoms with E-state index in [-0.39, 0.29) is 5.91 Å². The Morgan fingerprint density at radius 1 is 1.10 bits per heavy atom. The Morgan fingerprint density at radius 2 is 1.72 bits per heavy atom. The topological polar surface area (TPSA) is 36.0 Å². The largest absolute Gasteiger partial charge is 0.483 e. The van der Waals surface area contributed by atoms with Gasteiger partial charge in [0, 0.05) is 68.4 Å². The molecule has 29 heavy (non-hydrogen) atoms. The van der Waals surface area contributed by atoms with E-state index in [0.717, 1.165) is 67.4 Å². The molecule has 2 saturated heterocycles. The fourth-order valence-corrected chi connectivity index (χ4v) is 4.89. The standard InChI is InChI=1S/C23H30ClN3O2/c1-4-25-11-9-23(10-12-25)21(17(2)18(3)29-23)22(28)27-15-13-26(14-16-27)20-7-5-19(24)6-8-20/h5-8H,3-4,9-16H2,1-2H3. The molecule has 1 spiro atoms. The molecule has 0 radical (unpaired) electrons. The van der Waals surface area contributed by atoms with Crippen molar-refractivity contribution >= 4 is 23.2 Å². The summed E-state index contributed by atoms with van der Waals surface area (Å²) in [7, 11) is 0. The summed E-state index contributed by atoms with van der Waals surface area (Å²) in [6, 6.07) is 7.91. The maximum atomic E-state index is 13.6. The smallest absolute Gasteiger partial charge is 0.254 e. The minimum absolute atomic E-state index is 0.127. The Hall–Kier alpha value is -1.98. The number of hydrogen-bond acceptors (Lipinski definition) is 4. The molecular weight excluding hydrogens is 386 g/mol. The highest BCUT2D eigenvalue weighted by Gasteiger charge is 2.49. The van der Waals surface area contributed by atoms with E-state index in [2.05, 4.69) is 23.3 Å². The van der Waals surface area contributed by atoms with E-state index in [9.17, 15) is 4.79 Å². The van der Waals surface area contributed by atoms with Gasteiger partial charge in [0.1, 0.15) is 11.4 Å². The summed E-state index contributed by atoms with van der Waals surface area (Å²) in [5, 5.41) is 0.742. The fourth-order valence-electron chi connectivity index (χ4n) is 4.76. The Morgan fingerprint density at radius 3 is 2.31 bits per heavy atom. The number of halogens is 1. The van der Waals surface area contributed by atoms with Crippen LogP contribution in [-0.2, 0) is 9.53 Å². The molecule has 5 nitrogen and oxygen atoms in total. The molecule has 0 bridgehead atoms. The minimum atomic E-state index is -0.489. The number of amides is 1. The maximum absolute atomic E-state index is 13.6. The first-order valence-corrected chi connectivity index (χ1v) is 10.9. The predicted octanol–water partition coefficient (Wildman–Crippen LogP) is 3.70. The van der Waals surface area contributed by atoms with Gasteiger partial charge in [0.25, 0.3) is 5.91 Å². The van der Waals surface area contributed by atoms with Gasteiger partial charge in [0.15, 0.2) is 0 Å². The van der Waals surface area contributed by atoms with E-state index in [1.807, 2.05) is 36.1 Å². The lowest BCUT2D eigenvalue weighted by Crippen LogP contribution is -2.53. The third kappa shape index (κ3) is 3.78. The second-order valence-corrected chi connectivity index (χ2v) is 8.65. The van der Waals surface area contributed by atoms with E-state index in [1.54, 1.807) is 0 Å². The quantitative estimate of drug-likeness (QED) is 0.754. The number of hydrogen-bond donors (Lipinski definition) is 0. The maximum Gasteiger partial charge on any atom is 0.254 e. The molecule has 3 heterocycles. The highest BCUT2D eigenvalue weighted by atomic mass is 35.5. The lowest BCUT2D eigenvalue weighted by Gasteiger charge is -2.42. The van der Waals surface area contributed by atoms with Crippen molar-refractivity contribution in [3.63, 3.8) is 0 Å². The van der Waals surface area contributed by atoms with Crippen LogP contribution in [0.4, 0.5) is 5.69 Å². The number of allylic oxidation sites excluding steroid dienone is 1. The zero-order chi connectivity index (χ0) is 20.6. The Balaban J connectivity index is 1.47. The first kappa shape index (κ1) is 20.3. The zero-order valence-electron chi connectivity index (χ0n) is 17.4. The van der Waals surface area contributed by atoms with Gasteiger partial charge < -0.3 is 19.4 Å². The molecule has 3 aliphatic heterocycles. The summed E-state index contributed by atoms with van der Waals surface area (Å²) in [6.45, 7) is 14.2. The molecule has 4 rings (SSSR count). The Kier molecular flexibility index (Phi) is 5.63. The molecule has 0 aliphatic carbocycles. The molecule has 6 heteroatoms. The first-order valence-electron chi connectivity index (χ1n) is 10.6. The van der Waals surface area contributed by atoms with E-state index < -0.39 is 5.60 Å². The summed E-state index contributed by atoms with van der Waals surface area (Å²) in [4.78, 5) is 20.3. The number of carbonyl (C=O) groups excluding carboxylic acids is 1. The molecule has 1 aromatic rings. The van der Waals surface area contributed by atoms with Crippen LogP contribution in [0.1, 0.15) is 26.7 Å². The average Bonchev–Trinajstić information content (AvgIpc) is 2.98. The van der Waals surface area contributed by atoms with Crippen molar-refractivity contribution < 1.29 is 9.53 Å². The Labute approximate surface area is 178 Å². The van der Waals surface area contributed by atoms with Crippen molar-refractivity contribution in [1.29, 1.82) is 0 Å². The normalized spacial score (nSPS) is 22.4. The number of nitrogens with zero attached hydrogens (tertiary/aromatic N) is 3. The van der Waals surface area contributed by atoms with Crippen LogP contribution in [-0.4, -0.2) is 67.1 Å². The van der Waals surface area contributed by atoms with Crippen LogP contribution in [0.25, 0.3) is 0 Å². The number of ether oxygens (including phenoxy) is 1. The second kappa shape index (κ2) is 8.04. The van der Waals surface area contributed by atoms with Crippen molar-refractivity contribution in [2.45, 2.75) is 32.3 Å². The molecule has 156 valence electrons. The lowest BCUT2D eigenvalue weighted by molar-refractivity contribution is -0.130. The second-order valence-electron chi connectivity index (χ2n) is 8.21. The van der Waals surface area contributed by atoms with Crippen LogP contribution < -0.4 is 4.90 Å². The highest BCUT2D eigenvalue weighted by molar-refractivity contribution is 6.30. The summed E-state index contributed by atoms with van der Waals surface area (Å²) in [5.41, 5.74) is 2.44. The van der Waals surface area contributed by atoms with Gasteiger partial charge >= 0.3 is 0 Å². The monoisotopic (exact) mass is 415 g/mol. The molecule has 0 unspecified atom stereocenters. The number of likely N-dealkylation sites (tertiary alicyclic amines) is 1. The van der Waals surface area contributed by atoms with Gasteiger partial charge in [0.05, 0.1) is 5.57 Å². The van der Waals surface area contributed by atoms with Crippen molar-refractivity contribution in [2.75, 3.05) is 50.7 Å². The average molecular weight is 416 g/mol. The highest BCUT2D eigenvalue weighted by Crippen LogP contribution is 2.45. The van der Waals surface area contributed by atoms with E-state index >= 15 is 0 Å². The molecule has 2 fully saturated rings. The molecular formula is C23H30ClN3O2. The first-order chi connectivity index (χ1) is 13.9. The number of anilines is 1. The van der Waals surface area contributed by atoms with Crippen LogP contribution in [0.5, 0.6) is 0 Å². The lowest BCUT2D eigenvalue weighted by atomic mass is 9.82. The Bertz CT molecular complexity index is 817. The number of rotatable bonds is 3. The molecule has 1 amide bonds. The summed E-state index contributed by atoms with van der Waals surface area (Å²) >= 11 is 6.00. The van der Waals surface area contributed by atoms with E-state index in [1.165, 1.54) is 0 Å². The summed E-state index contributed by atoms with van der Waals surface area (Å²) in [6.07, 6.45) is 1.70.